The van der Waals surface area contributed by atoms with Gasteiger partial charge in [-0.3, -0.25) is 4.21 Å². The van der Waals surface area contributed by atoms with E-state index in [4.69, 9.17) is 0 Å². The van der Waals surface area contributed by atoms with Crippen LogP contribution >= 0.6 is 0 Å². The lowest BCUT2D eigenvalue weighted by Crippen LogP contribution is -2.44. The molecular weight excluding hydrogens is 176 g/mol. The molecule has 2 atom stereocenters. The highest BCUT2D eigenvalue weighted by Crippen LogP contribution is 2.00. The van der Waals surface area contributed by atoms with E-state index in [1.165, 1.54) is 6.42 Å². The molecule has 1 heterocycles. The summed E-state index contributed by atoms with van der Waals surface area (Å²) in [4.78, 5) is 0. The SMILES string of the molecule is O=S([O-])CCNC1CCCNC1. The molecule has 2 N–H and O–H groups in total. The molecule has 1 rings (SSSR count). The Balaban J connectivity index is 2.01. The minimum Gasteiger partial charge on any atom is -0.772 e. The van der Waals surface area contributed by atoms with E-state index in [2.05, 4.69) is 10.6 Å². The summed E-state index contributed by atoms with van der Waals surface area (Å²) in [5, 5.41) is 6.45. The zero-order valence-electron chi connectivity index (χ0n) is 7.04. The second-order valence-electron chi connectivity index (χ2n) is 3.01. The second kappa shape index (κ2) is 5.64. The normalized spacial score (nSPS) is 26.9. The lowest BCUT2D eigenvalue weighted by molar-refractivity contribution is 0.396. The average Bonchev–Trinajstić information content (AvgIpc) is 2.05. The smallest absolute Gasteiger partial charge is 0.0227 e. The quantitative estimate of drug-likeness (QED) is 0.571. The Labute approximate surface area is 75.4 Å². The third-order valence-electron chi connectivity index (χ3n) is 2.00. The highest BCUT2D eigenvalue weighted by molar-refractivity contribution is 7.79. The van der Waals surface area contributed by atoms with Crippen molar-refractivity contribution in [2.24, 2.45) is 0 Å². The van der Waals surface area contributed by atoms with Crippen LogP contribution in [-0.2, 0) is 11.1 Å². The van der Waals surface area contributed by atoms with Crippen LogP contribution in [0.2, 0.25) is 0 Å². The van der Waals surface area contributed by atoms with Gasteiger partial charge < -0.3 is 15.2 Å². The zero-order valence-corrected chi connectivity index (χ0v) is 7.86. The van der Waals surface area contributed by atoms with Gasteiger partial charge in [0, 0.05) is 24.9 Å². The van der Waals surface area contributed by atoms with Gasteiger partial charge in [0.1, 0.15) is 0 Å². The fourth-order valence-electron chi connectivity index (χ4n) is 1.37. The van der Waals surface area contributed by atoms with Crippen LogP contribution in [0.4, 0.5) is 0 Å². The highest BCUT2D eigenvalue weighted by Gasteiger charge is 2.10. The summed E-state index contributed by atoms with van der Waals surface area (Å²) in [5.74, 6) is 0.219. The molecule has 5 heteroatoms. The predicted molar refractivity (Wildman–Crippen MR) is 47.7 cm³/mol. The molecule has 12 heavy (non-hydrogen) atoms. The number of nitrogens with one attached hydrogen (secondary N) is 2. The fraction of sp³-hybridized carbons (Fsp3) is 1.00. The molecule has 0 aliphatic carbocycles. The van der Waals surface area contributed by atoms with Crippen molar-refractivity contribution in [1.29, 1.82) is 0 Å². The van der Waals surface area contributed by atoms with Crippen molar-refractivity contribution in [3.8, 4) is 0 Å². The van der Waals surface area contributed by atoms with E-state index >= 15 is 0 Å². The van der Waals surface area contributed by atoms with Crippen LogP contribution in [0.1, 0.15) is 12.8 Å². The lowest BCUT2D eigenvalue weighted by atomic mass is 10.1. The van der Waals surface area contributed by atoms with E-state index in [1.54, 1.807) is 0 Å². The molecule has 1 saturated heterocycles. The molecule has 0 bridgehead atoms. The van der Waals surface area contributed by atoms with Crippen LogP contribution < -0.4 is 10.6 Å². The highest BCUT2D eigenvalue weighted by atomic mass is 32.2. The monoisotopic (exact) mass is 191 g/mol. The summed E-state index contributed by atoms with van der Waals surface area (Å²) in [6.07, 6.45) is 2.33. The maximum atomic E-state index is 10.2. The molecule has 4 nitrogen and oxygen atoms in total. The Morgan fingerprint density at radius 2 is 2.50 bits per heavy atom. The third-order valence-corrected chi connectivity index (χ3v) is 2.54. The van der Waals surface area contributed by atoms with E-state index in [-0.39, 0.29) is 5.75 Å². The Kier molecular flexibility index (Phi) is 4.75. The maximum Gasteiger partial charge on any atom is 0.0227 e. The lowest BCUT2D eigenvalue weighted by Gasteiger charge is -2.23. The summed E-state index contributed by atoms with van der Waals surface area (Å²) in [6.45, 7) is 2.62. The van der Waals surface area contributed by atoms with Crippen LogP contribution in [-0.4, -0.2) is 40.2 Å². The summed E-state index contributed by atoms with van der Waals surface area (Å²) >= 11 is -1.90. The van der Waals surface area contributed by atoms with Crippen LogP contribution in [0.25, 0.3) is 0 Å². The number of piperidine rings is 1. The van der Waals surface area contributed by atoms with Crippen LogP contribution in [0.3, 0.4) is 0 Å². The Morgan fingerprint density at radius 1 is 1.67 bits per heavy atom. The van der Waals surface area contributed by atoms with Gasteiger partial charge in [-0.15, -0.1) is 0 Å². The first-order valence-corrected chi connectivity index (χ1v) is 5.53. The molecule has 0 aromatic carbocycles. The number of hydrogen-bond acceptors (Lipinski definition) is 4. The molecule has 0 saturated carbocycles. The largest absolute Gasteiger partial charge is 0.772 e. The third kappa shape index (κ3) is 4.15. The van der Waals surface area contributed by atoms with Crippen molar-refractivity contribution >= 4 is 11.1 Å². The summed E-state index contributed by atoms with van der Waals surface area (Å²) in [6, 6.07) is 0.460. The molecular formula is C7H15N2O2S-. The van der Waals surface area contributed by atoms with Crippen molar-refractivity contribution in [3.05, 3.63) is 0 Å². The molecule has 0 aromatic heterocycles. The van der Waals surface area contributed by atoms with Crippen LogP contribution in [0.5, 0.6) is 0 Å². The van der Waals surface area contributed by atoms with Gasteiger partial charge in [0.05, 0.1) is 0 Å². The summed E-state index contributed by atoms with van der Waals surface area (Å²) in [7, 11) is 0. The standard InChI is InChI=1S/C7H16N2O2S/c10-12(11)5-4-9-7-2-1-3-8-6-7/h7-9H,1-6H2,(H,10,11)/p-1. The molecule has 0 spiro atoms. The van der Waals surface area contributed by atoms with Crippen molar-refractivity contribution < 1.29 is 8.76 Å². The van der Waals surface area contributed by atoms with E-state index in [1.807, 2.05) is 0 Å². The zero-order chi connectivity index (χ0) is 8.81. The van der Waals surface area contributed by atoms with Gasteiger partial charge in [-0.05, 0) is 19.4 Å². The average molecular weight is 191 g/mol. The minimum absolute atomic E-state index is 0.219. The number of hydrogen-bond donors (Lipinski definition) is 2. The first-order chi connectivity index (χ1) is 5.79. The van der Waals surface area contributed by atoms with Gasteiger partial charge in [-0.2, -0.15) is 0 Å². The van der Waals surface area contributed by atoms with Gasteiger partial charge in [0.15, 0.2) is 0 Å². The molecule has 72 valence electrons. The fourth-order valence-corrected chi connectivity index (χ4v) is 1.66. The van der Waals surface area contributed by atoms with Gasteiger partial charge in [0.2, 0.25) is 0 Å². The molecule has 1 fully saturated rings. The second-order valence-corrected chi connectivity index (χ2v) is 4.02. The summed E-state index contributed by atoms with van der Waals surface area (Å²) in [5.41, 5.74) is 0. The van der Waals surface area contributed by atoms with Crippen molar-refractivity contribution in [3.63, 3.8) is 0 Å². The van der Waals surface area contributed by atoms with E-state index in [9.17, 15) is 8.76 Å². The van der Waals surface area contributed by atoms with E-state index in [0.29, 0.717) is 12.6 Å². The molecule has 2 unspecified atom stereocenters. The Bertz CT molecular complexity index is 148. The topological polar surface area (TPSA) is 64.2 Å². The minimum atomic E-state index is -1.90. The van der Waals surface area contributed by atoms with Crippen molar-refractivity contribution in [1.82, 2.24) is 10.6 Å². The van der Waals surface area contributed by atoms with Crippen molar-refractivity contribution in [2.45, 2.75) is 18.9 Å². The van der Waals surface area contributed by atoms with Crippen LogP contribution in [0, 0.1) is 0 Å². The molecule has 0 radical (unpaired) electrons. The Morgan fingerprint density at radius 3 is 3.08 bits per heavy atom. The first-order valence-electron chi connectivity index (χ1n) is 4.29. The van der Waals surface area contributed by atoms with Gasteiger partial charge in [-0.1, -0.05) is 11.1 Å². The van der Waals surface area contributed by atoms with Crippen molar-refractivity contribution in [2.75, 3.05) is 25.4 Å². The molecule has 0 amide bonds. The molecule has 1 aliphatic rings. The summed E-state index contributed by atoms with van der Waals surface area (Å²) < 4.78 is 20.4. The maximum absolute atomic E-state index is 10.2. The van der Waals surface area contributed by atoms with E-state index in [0.717, 1.165) is 19.5 Å². The molecule has 0 aromatic rings. The predicted octanol–water partition coefficient (Wildman–Crippen LogP) is -0.793. The van der Waals surface area contributed by atoms with Gasteiger partial charge in [-0.25, -0.2) is 0 Å². The van der Waals surface area contributed by atoms with E-state index < -0.39 is 11.1 Å². The van der Waals surface area contributed by atoms with Gasteiger partial charge in [0.25, 0.3) is 0 Å². The molecule has 1 aliphatic heterocycles. The van der Waals surface area contributed by atoms with Crippen LogP contribution in [0.15, 0.2) is 0 Å². The van der Waals surface area contributed by atoms with Gasteiger partial charge >= 0.3 is 0 Å². The first kappa shape index (κ1) is 10.1. The Hall–Kier alpha value is 0.0300. The number of rotatable bonds is 4.